The summed E-state index contributed by atoms with van der Waals surface area (Å²) in [7, 11) is 3.01. The average Bonchev–Trinajstić information content (AvgIpc) is 2.82. The first-order chi connectivity index (χ1) is 16.3. The lowest BCUT2D eigenvalue weighted by atomic mass is 10.1. The van der Waals surface area contributed by atoms with E-state index in [1.165, 1.54) is 32.7 Å². The highest BCUT2D eigenvalue weighted by molar-refractivity contribution is 6.38. The Kier molecular flexibility index (Phi) is 8.20. The lowest BCUT2D eigenvalue weighted by Crippen LogP contribution is -2.10. The van der Waals surface area contributed by atoms with Crippen molar-refractivity contribution in [2.24, 2.45) is 0 Å². The van der Waals surface area contributed by atoms with Crippen LogP contribution in [0.2, 0.25) is 10.0 Å². The molecule has 8 nitrogen and oxygen atoms in total. The van der Waals surface area contributed by atoms with Crippen molar-refractivity contribution in [1.82, 2.24) is 9.97 Å². The molecule has 178 valence electrons. The second kappa shape index (κ2) is 11.1. The van der Waals surface area contributed by atoms with Crippen molar-refractivity contribution in [1.29, 1.82) is 0 Å². The van der Waals surface area contributed by atoms with Crippen LogP contribution >= 0.6 is 23.2 Å². The lowest BCUT2D eigenvalue weighted by Gasteiger charge is -2.20. The normalized spacial score (nSPS) is 11.4. The highest BCUT2D eigenvalue weighted by Gasteiger charge is 2.23. The molecule has 0 saturated carbocycles. The number of hydrogen-bond acceptors (Lipinski definition) is 7. The molecule has 3 rings (SSSR count). The van der Waals surface area contributed by atoms with Gasteiger partial charge in [-0.15, -0.1) is 0 Å². The summed E-state index contributed by atoms with van der Waals surface area (Å²) in [6, 6.07) is 7.12. The van der Waals surface area contributed by atoms with Crippen molar-refractivity contribution in [3.8, 4) is 17.2 Å². The predicted octanol–water partition coefficient (Wildman–Crippen LogP) is 6.12. The third-order valence-corrected chi connectivity index (χ3v) is 5.69. The second-order valence-electron chi connectivity index (χ2n) is 7.14. The fraction of sp³-hybridized carbons (Fsp3) is 0.208. The summed E-state index contributed by atoms with van der Waals surface area (Å²) in [4.78, 5) is 20.4. The number of aryl methyl sites for hydroxylation is 1. The van der Waals surface area contributed by atoms with Gasteiger partial charge in [-0.3, -0.25) is 4.79 Å². The van der Waals surface area contributed by atoms with Gasteiger partial charge in [-0.1, -0.05) is 41.9 Å². The summed E-state index contributed by atoms with van der Waals surface area (Å²) < 4.78 is 16.6. The Morgan fingerprint density at radius 1 is 1.12 bits per heavy atom. The van der Waals surface area contributed by atoms with E-state index in [9.17, 15) is 4.79 Å². The first-order valence-electron chi connectivity index (χ1n) is 10.2. The minimum atomic E-state index is -0.552. The molecule has 34 heavy (non-hydrogen) atoms. The van der Waals surface area contributed by atoms with Crippen LogP contribution < -0.4 is 24.8 Å². The Hall–Kier alpha value is -3.49. The van der Waals surface area contributed by atoms with Crippen LogP contribution in [0.15, 0.2) is 49.3 Å². The molecular weight excluding hydrogens is 479 g/mol. The van der Waals surface area contributed by atoms with E-state index in [4.69, 9.17) is 37.4 Å². The van der Waals surface area contributed by atoms with Gasteiger partial charge in [0.25, 0.3) is 0 Å². The van der Waals surface area contributed by atoms with Crippen LogP contribution in [-0.2, 0) is 4.79 Å². The minimum absolute atomic E-state index is 0.321. The van der Waals surface area contributed by atoms with E-state index in [2.05, 4.69) is 27.2 Å². The van der Waals surface area contributed by atoms with Gasteiger partial charge in [-0.25, -0.2) is 9.97 Å². The molecule has 3 aromatic rings. The molecule has 1 aromatic heterocycles. The van der Waals surface area contributed by atoms with Gasteiger partial charge < -0.3 is 24.8 Å². The van der Waals surface area contributed by atoms with E-state index in [0.717, 1.165) is 5.56 Å². The minimum Gasteiger partial charge on any atom is -0.495 e. The summed E-state index contributed by atoms with van der Waals surface area (Å²) in [5, 5.41) is 6.54. The number of hydrogen-bond donors (Lipinski definition) is 2. The van der Waals surface area contributed by atoms with Gasteiger partial charge in [0.1, 0.15) is 17.6 Å². The molecule has 2 N–H and O–H groups in total. The number of carbonyl (C=O) groups is 1. The maximum atomic E-state index is 11.8. The number of anilines is 3. The van der Waals surface area contributed by atoms with Crippen LogP contribution in [-0.4, -0.2) is 30.1 Å². The SMILES string of the molecule is C=CC(=O)Nc1cccc(C)c1Nc1ncc(O[C@@H](C)c2c(Cl)c(OC)cc(OC)c2Cl)cn1. The maximum Gasteiger partial charge on any atom is 0.247 e. The van der Waals surface area contributed by atoms with Gasteiger partial charge >= 0.3 is 0 Å². The molecule has 0 aliphatic rings. The maximum absolute atomic E-state index is 11.8. The molecule has 1 heterocycles. The van der Waals surface area contributed by atoms with Gasteiger partial charge in [0.2, 0.25) is 11.9 Å². The van der Waals surface area contributed by atoms with Crippen LogP contribution in [0.5, 0.6) is 17.2 Å². The smallest absolute Gasteiger partial charge is 0.247 e. The monoisotopic (exact) mass is 502 g/mol. The summed E-state index contributed by atoms with van der Waals surface area (Å²) in [6.45, 7) is 7.17. The Balaban J connectivity index is 1.81. The summed E-state index contributed by atoms with van der Waals surface area (Å²) in [5.74, 6) is 1.24. The fourth-order valence-electron chi connectivity index (χ4n) is 3.20. The number of para-hydroxylation sites is 1. The molecule has 0 bridgehead atoms. The van der Waals surface area contributed by atoms with Crippen molar-refractivity contribution < 1.29 is 19.0 Å². The zero-order valence-electron chi connectivity index (χ0n) is 19.1. The van der Waals surface area contributed by atoms with E-state index in [-0.39, 0.29) is 5.91 Å². The van der Waals surface area contributed by atoms with Crippen molar-refractivity contribution in [3.05, 3.63) is 70.5 Å². The number of benzene rings is 2. The first-order valence-corrected chi connectivity index (χ1v) is 10.9. The quantitative estimate of drug-likeness (QED) is 0.340. The molecule has 0 aliphatic carbocycles. The summed E-state index contributed by atoms with van der Waals surface area (Å²) in [6.07, 6.45) is 3.69. The third-order valence-electron chi connectivity index (χ3n) is 4.91. The van der Waals surface area contributed by atoms with E-state index in [1.54, 1.807) is 19.1 Å². The first kappa shape index (κ1) is 25.1. The summed E-state index contributed by atoms with van der Waals surface area (Å²) in [5.41, 5.74) is 2.67. The van der Waals surface area contributed by atoms with Crippen molar-refractivity contribution in [2.45, 2.75) is 20.0 Å². The Morgan fingerprint density at radius 3 is 2.29 bits per heavy atom. The van der Waals surface area contributed by atoms with E-state index in [1.807, 2.05) is 19.1 Å². The molecule has 1 amide bonds. The molecule has 0 saturated heterocycles. The van der Waals surface area contributed by atoms with Crippen molar-refractivity contribution in [3.63, 3.8) is 0 Å². The number of halogens is 2. The highest BCUT2D eigenvalue weighted by Crippen LogP contribution is 2.44. The number of aromatic nitrogens is 2. The molecule has 1 atom stereocenters. The molecule has 0 unspecified atom stereocenters. The molecule has 0 radical (unpaired) electrons. The molecule has 10 heteroatoms. The van der Waals surface area contributed by atoms with Gasteiger partial charge in [-0.05, 0) is 31.6 Å². The molecule has 0 fully saturated rings. The van der Waals surface area contributed by atoms with Crippen molar-refractivity contribution in [2.75, 3.05) is 24.9 Å². The number of rotatable bonds is 9. The van der Waals surface area contributed by atoms with Gasteiger partial charge in [0, 0.05) is 11.6 Å². The standard InChI is InChI=1S/C24H24Cl2N4O4/c1-6-19(31)29-16-9-7-8-13(2)23(16)30-24-27-11-15(12-28-24)34-14(3)20-21(25)17(32-4)10-18(33-5)22(20)26/h6-12,14H,1H2,2-5H3,(H,29,31)(H,27,28,30)/t14-/m0/s1. The fourth-order valence-corrected chi connectivity index (χ4v) is 4.01. The van der Waals surface area contributed by atoms with Crippen LogP contribution in [0.25, 0.3) is 0 Å². The Bertz CT molecular complexity index is 1170. The Labute approximate surface area is 207 Å². The van der Waals surface area contributed by atoms with Gasteiger partial charge in [-0.2, -0.15) is 0 Å². The number of carbonyl (C=O) groups excluding carboxylic acids is 1. The number of amides is 1. The zero-order chi connectivity index (χ0) is 24.8. The number of nitrogens with zero attached hydrogens (tertiary/aromatic N) is 2. The van der Waals surface area contributed by atoms with Crippen LogP contribution in [0, 0.1) is 6.92 Å². The van der Waals surface area contributed by atoms with E-state index in [0.29, 0.717) is 50.2 Å². The highest BCUT2D eigenvalue weighted by atomic mass is 35.5. The molecular formula is C24H24Cl2N4O4. The zero-order valence-corrected chi connectivity index (χ0v) is 20.6. The average molecular weight is 503 g/mol. The third kappa shape index (κ3) is 5.52. The van der Waals surface area contributed by atoms with E-state index < -0.39 is 6.10 Å². The number of ether oxygens (including phenoxy) is 3. The molecule has 0 spiro atoms. The number of nitrogens with one attached hydrogen (secondary N) is 2. The van der Waals surface area contributed by atoms with Crippen LogP contribution in [0.4, 0.5) is 17.3 Å². The lowest BCUT2D eigenvalue weighted by molar-refractivity contribution is -0.111. The second-order valence-corrected chi connectivity index (χ2v) is 7.90. The van der Waals surface area contributed by atoms with Gasteiger partial charge in [0.05, 0.1) is 48.0 Å². The topological polar surface area (TPSA) is 94.6 Å². The van der Waals surface area contributed by atoms with Crippen LogP contribution in [0.1, 0.15) is 24.2 Å². The Morgan fingerprint density at radius 2 is 1.74 bits per heavy atom. The van der Waals surface area contributed by atoms with Gasteiger partial charge in [0.15, 0.2) is 5.75 Å². The van der Waals surface area contributed by atoms with E-state index >= 15 is 0 Å². The largest absolute Gasteiger partial charge is 0.495 e. The van der Waals surface area contributed by atoms with Crippen molar-refractivity contribution >= 4 is 46.4 Å². The van der Waals surface area contributed by atoms with Crippen LogP contribution in [0.3, 0.4) is 0 Å². The summed E-state index contributed by atoms with van der Waals surface area (Å²) >= 11 is 12.9. The molecule has 2 aromatic carbocycles. The molecule has 0 aliphatic heterocycles. The predicted molar refractivity (Wildman–Crippen MR) is 134 cm³/mol. The number of methoxy groups -OCH3 is 2.